The lowest BCUT2D eigenvalue weighted by atomic mass is 10.2. The van der Waals surface area contributed by atoms with E-state index in [1.54, 1.807) is 24.6 Å². The molecule has 114 valence electrons. The van der Waals surface area contributed by atoms with Crippen molar-refractivity contribution in [3.63, 3.8) is 0 Å². The van der Waals surface area contributed by atoms with Crippen LogP contribution >= 0.6 is 11.8 Å². The lowest BCUT2D eigenvalue weighted by Gasteiger charge is -2.09. The van der Waals surface area contributed by atoms with E-state index in [-0.39, 0.29) is 12.4 Å². The number of thioether (sulfide) groups is 1. The van der Waals surface area contributed by atoms with Crippen LogP contribution in [0.4, 0.5) is 4.39 Å². The Morgan fingerprint density at radius 1 is 1.23 bits per heavy atom. The average molecular weight is 318 g/mol. The molecule has 0 amide bonds. The Hall–Kier alpha value is -2.05. The number of halogens is 1. The first-order chi connectivity index (χ1) is 10.8. The van der Waals surface area contributed by atoms with Gasteiger partial charge in [-0.25, -0.2) is 9.37 Å². The summed E-state index contributed by atoms with van der Waals surface area (Å²) in [4.78, 5) is 4.31. The van der Waals surface area contributed by atoms with Gasteiger partial charge in [-0.05, 0) is 23.8 Å². The summed E-state index contributed by atoms with van der Waals surface area (Å²) in [5.41, 5.74) is 1.33. The molecule has 0 unspecified atom stereocenters. The van der Waals surface area contributed by atoms with Crippen molar-refractivity contribution >= 4 is 11.8 Å². The van der Waals surface area contributed by atoms with Crippen LogP contribution in [0.1, 0.15) is 17.0 Å². The molecule has 0 atom stereocenters. The third kappa shape index (κ3) is 3.23. The van der Waals surface area contributed by atoms with Crippen LogP contribution in [0.25, 0.3) is 0 Å². The number of hydrogen-bond donors (Lipinski definition) is 1. The number of aliphatic hydroxyl groups excluding tert-OH is 1. The van der Waals surface area contributed by atoms with E-state index in [1.807, 2.05) is 22.8 Å². The number of benzene rings is 1. The Balaban J connectivity index is 1.79. The van der Waals surface area contributed by atoms with E-state index in [2.05, 4.69) is 4.98 Å². The standard InChI is InChI=1S/C16H15FN2O2S/c17-15-6-2-1-4-12(15)11-22-16-18-8-13(10-20)19(16)9-14-5-3-7-21-14/h1-8,20H,9-11H2. The zero-order chi connectivity index (χ0) is 15.4. The summed E-state index contributed by atoms with van der Waals surface area (Å²) in [7, 11) is 0. The average Bonchev–Trinajstić information content (AvgIpc) is 3.17. The first-order valence-electron chi connectivity index (χ1n) is 6.82. The van der Waals surface area contributed by atoms with Crippen molar-refractivity contribution in [1.29, 1.82) is 0 Å². The van der Waals surface area contributed by atoms with Gasteiger partial charge in [0.25, 0.3) is 0 Å². The summed E-state index contributed by atoms with van der Waals surface area (Å²) >= 11 is 1.43. The van der Waals surface area contributed by atoms with Gasteiger partial charge < -0.3 is 14.1 Å². The smallest absolute Gasteiger partial charge is 0.168 e. The summed E-state index contributed by atoms with van der Waals surface area (Å²) in [6.07, 6.45) is 3.24. The van der Waals surface area contributed by atoms with Gasteiger partial charge >= 0.3 is 0 Å². The van der Waals surface area contributed by atoms with Crippen molar-refractivity contribution < 1.29 is 13.9 Å². The highest BCUT2D eigenvalue weighted by Gasteiger charge is 2.12. The van der Waals surface area contributed by atoms with Gasteiger partial charge in [0.1, 0.15) is 11.6 Å². The monoisotopic (exact) mass is 318 g/mol. The van der Waals surface area contributed by atoms with Crippen molar-refractivity contribution in [2.24, 2.45) is 0 Å². The van der Waals surface area contributed by atoms with Gasteiger partial charge in [0.2, 0.25) is 0 Å². The van der Waals surface area contributed by atoms with E-state index in [9.17, 15) is 9.50 Å². The number of imidazole rings is 1. The Labute approximate surface area is 131 Å². The van der Waals surface area contributed by atoms with E-state index in [1.165, 1.54) is 17.8 Å². The van der Waals surface area contributed by atoms with E-state index >= 15 is 0 Å². The molecule has 6 heteroatoms. The summed E-state index contributed by atoms with van der Waals surface area (Å²) < 4.78 is 20.9. The van der Waals surface area contributed by atoms with Crippen LogP contribution < -0.4 is 0 Å². The molecule has 4 nitrogen and oxygen atoms in total. The van der Waals surface area contributed by atoms with Crippen LogP contribution in [-0.2, 0) is 18.9 Å². The van der Waals surface area contributed by atoms with Gasteiger partial charge in [-0.2, -0.15) is 0 Å². The highest BCUT2D eigenvalue weighted by atomic mass is 32.2. The molecule has 0 saturated heterocycles. The minimum atomic E-state index is -0.221. The fourth-order valence-corrected chi connectivity index (χ4v) is 3.10. The lowest BCUT2D eigenvalue weighted by Crippen LogP contribution is -2.05. The predicted octanol–water partition coefficient (Wildman–Crippen LogP) is 3.45. The largest absolute Gasteiger partial charge is 0.467 e. The Bertz CT molecular complexity index is 740. The van der Waals surface area contributed by atoms with Gasteiger partial charge in [0.15, 0.2) is 5.16 Å². The molecule has 0 fully saturated rings. The maximum atomic E-state index is 13.7. The summed E-state index contributed by atoms with van der Waals surface area (Å²) in [5.74, 6) is 1.04. The topological polar surface area (TPSA) is 51.2 Å². The molecule has 0 radical (unpaired) electrons. The first kappa shape index (κ1) is 14.9. The first-order valence-corrected chi connectivity index (χ1v) is 7.80. The molecular formula is C16H15FN2O2S. The predicted molar refractivity (Wildman–Crippen MR) is 81.9 cm³/mol. The van der Waals surface area contributed by atoms with E-state index in [0.29, 0.717) is 23.6 Å². The van der Waals surface area contributed by atoms with Crippen LogP contribution in [0, 0.1) is 5.82 Å². The molecule has 22 heavy (non-hydrogen) atoms. The second-order valence-electron chi connectivity index (χ2n) is 4.74. The van der Waals surface area contributed by atoms with Gasteiger partial charge in [0.05, 0.1) is 31.3 Å². The van der Waals surface area contributed by atoms with Crippen LogP contribution in [0.15, 0.2) is 58.4 Å². The molecule has 3 aromatic rings. The summed E-state index contributed by atoms with van der Waals surface area (Å²) in [5, 5.41) is 10.2. The van der Waals surface area contributed by atoms with Gasteiger partial charge in [-0.1, -0.05) is 30.0 Å². The number of furan rings is 1. The quantitative estimate of drug-likeness (QED) is 0.707. The molecule has 0 spiro atoms. The van der Waals surface area contributed by atoms with E-state index in [0.717, 1.165) is 10.9 Å². The van der Waals surface area contributed by atoms with Gasteiger partial charge in [-0.15, -0.1) is 0 Å². The van der Waals surface area contributed by atoms with E-state index < -0.39 is 0 Å². The Morgan fingerprint density at radius 3 is 2.82 bits per heavy atom. The van der Waals surface area contributed by atoms with Crippen molar-refractivity contribution in [1.82, 2.24) is 9.55 Å². The third-order valence-corrected chi connectivity index (χ3v) is 4.31. The third-order valence-electron chi connectivity index (χ3n) is 3.27. The molecule has 1 N–H and O–H groups in total. The van der Waals surface area contributed by atoms with Crippen LogP contribution in [-0.4, -0.2) is 14.7 Å². The fourth-order valence-electron chi connectivity index (χ4n) is 2.12. The zero-order valence-corrected chi connectivity index (χ0v) is 12.6. The summed E-state index contributed by atoms with van der Waals surface area (Å²) in [6, 6.07) is 10.4. The maximum Gasteiger partial charge on any atom is 0.168 e. The molecule has 2 heterocycles. The number of aliphatic hydroxyl groups is 1. The molecular weight excluding hydrogens is 303 g/mol. The fraction of sp³-hybridized carbons (Fsp3) is 0.188. The summed E-state index contributed by atoms with van der Waals surface area (Å²) in [6.45, 7) is 0.385. The number of rotatable bonds is 6. The highest BCUT2D eigenvalue weighted by molar-refractivity contribution is 7.98. The lowest BCUT2D eigenvalue weighted by molar-refractivity contribution is 0.269. The Kier molecular flexibility index (Phi) is 4.60. The molecule has 0 aliphatic heterocycles. The molecule has 2 aromatic heterocycles. The van der Waals surface area contributed by atoms with Crippen molar-refractivity contribution in [3.8, 4) is 0 Å². The number of nitrogens with zero attached hydrogens (tertiary/aromatic N) is 2. The minimum absolute atomic E-state index is 0.103. The molecule has 0 bridgehead atoms. The van der Waals surface area contributed by atoms with Crippen molar-refractivity contribution in [3.05, 3.63) is 71.7 Å². The van der Waals surface area contributed by atoms with Crippen molar-refractivity contribution in [2.45, 2.75) is 24.1 Å². The van der Waals surface area contributed by atoms with Crippen LogP contribution in [0.5, 0.6) is 0 Å². The van der Waals surface area contributed by atoms with Crippen LogP contribution in [0.3, 0.4) is 0 Å². The minimum Gasteiger partial charge on any atom is -0.467 e. The second kappa shape index (κ2) is 6.81. The number of hydrogen-bond acceptors (Lipinski definition) is 4. The molecule has 3 rings (SSSR count). The van der Waals surface area contributed by atoms with Gasteiger partial charge in [-0.3, -0.25) is 0 Å². The molecule has 0 saturated carbocycles. The normalized spacial score (nSPS) is 11.0. The highest BCUT2D eigenvalue weighted by Crippen LogP contribution is 2.25. The number of aromatic nitrogens is 2. The molecule has 1 aromatic carbocycles. The van der Waals surface area contributed by atoms with E-state index in [4.69, 9.17) is 4.42 Å². The van der Waals surface area contributed by atoms with Crippen LogP contribution in [0.2, 0.25) is 0 Å². The molecule has 0 aliphatic rings. The maximum absolute atomic E-state index is 13.7. The zero-order valence-electron chi connectivity index (χ0n) is 11.8. The Morgan fingerprint density at radius 2 is 2.09 bits per heavy atom. The van der Waals surface area contributed by atoms with Gasteiger partial charge in [0, 0.05) is 5.75 Å². The second-order valence-corrected chi connectivity index (χ2v) is 5.68. The molecule has 0 aliphatic carbocycles. The van der Waals surface area contributed by atoms with Crippen molar-refractivity contribution in [2.75, 3.05) is 0 Å². The SMILES string of the molecule is OCc1cnc(SCc2ccccc2F)n1Cc1ccco1.